The summed E-state index contributed by atoms with van der Waals surface area (Å²) in [6.45, 7) is 5.50. The first kappa shape index (κ1) is 12.9. The van der Waals surface area contributed by atoms with E-state index in [1.165, 1.54) is 25.2 Å². The highest BCUT2D eigenvalue weighted by atomic mass is 16.1. The van der Waals surface area contributed by atoms with Crippen molar-refractivity contribution in [1.29, 1.82) is 0 Å². The summed E-state index contributed by atoms with van der Waals surface area (Å²) in [5.41, 5.74) is 3.02. The van der Waals surface area contributed by atoms with Gasteiger partial charge in [0.15, 0.2) is 0 Å². The monoisotopic (exact) mass is 283 g/mol. The summed E-state index contributed by atoms with van der Waals surface area (Å²) < 4.78 is 2.10. The van der Waals surface area contributed by atoms with Crippen molar-refractivity contribution >= 4 is 11.4 Å². The summed E-state index contributed by atoms with van der Waals surface area (Å²) in [4.78, 5) is 14.9. The number of fused-ring (bicyclic) bond motifs is 3. The Morgan fingerprint density at radius 2 is 2.19 bits per heavy atom. The molecule has 2 unspecified atom stereocenters. The van der Waals surface area contributed by atoms with E-state index in [0.29, 0.717) is 6.04 Å². The summed E-state index contributed by atoms with van der Waals surface area (Å²) in [5.74, 6) is 0.837. The molecule has 110 valence electrons. The fourth-order valence-electron chi connectivity index (χ4n) is 3.83. The standard InChI is InChI=1S/C17H21N3O/c1-12-2-3-16-9-14(5-7-20(12)16)17(21)18-15-8-13-4-6-19(10-13)11-15/h2-3,5,7,9,13,15H,4,6,8,10-11H2,1H3,(H,18,21)/t13?,15-/m1/s1. The van der Waals surface area contributed by atoms with Crippen molar-refractivity contribution < 1.29 is 4.79 Å². The van der Waals surface area contributed by atoms with E-state index in [1.54, 1.807) is 0 Å². The van der Waals surface area contributed by atoms with Crippen LogP contribution in [0.1, 0.15) is 28.9 Å². The predicted octanol–water partition coefficient (Wildman–Crippen LogP) is 2.07. The Kier molecular flexibility index (Phi) is 3.00. The smallest absolute Gasteiger partial charge is 0.251 e. The minimum Gasteiger partial charge on any atom is -0.348 e. The molecule has 4 heteroatoms. The Hall–Kier alpha value is -1.81. The molecule has 0 aromatic carbocycles. The molecule has 4 rings (SSSR count). The van der Waals surface area contributed by atoms with Crippen LogP contribution in [0.3, 0.4) is 0 Å². The highest BCUT2D eigenvalue weighted by molar-refractivity contribution is 5.95. The van der Waals surface area contributed by atoms with Crippen molar-refractivity contribution in [2.24, 2.45) is 5.92 Å². The van der Waals surface area contributed by atoms with Gasteiger partial charge in [0.2, 0.25) is 0 Å². The molecular weight excluding hydrogens is 262 g/mol. The average Bonchev–Trinajstić information content (AvgIpc) is 3.02. The van der Waals surface area contributed by atoms with E-state index in [0.717, 1.165) is 30.0 Å². The van der Waals surface area contributed by atoms with E-state index in [4.69, 9.17) is 0 Å². The second kappa shape index (κ2) is 4.88. The molecule has 3 atom stereocenters. The number of nitrogens with one attached hydrogen (secondary N) is 1. The van der Waals surface area contributed by atoms with E-state index in [-0.39, 0.29) is 5.91 Å². The highest BCUT2D eigenvalue weighted by Crippen LogP contribution is 2.26. The number of hydrogen-bond acceptors (Lipinski definition) is 2. The summed E-state index contributed by atoms with van der Waals surface area (Å²) in [6, 6.07) is 8.32. The van der Waals surface area contributed by atoms with Gasteiger partial charge >= 0.3 is 0 Å². The van der Waals surface area contributed by atoms with Crippen LogP contribution in [-0.2, 0) is 0 Å². The minimum absolute atomic E-state index is 0.0591. The van der Waals surface area contributed by atoms with Crippen molar-refractivity contribution in [3.05, 3.63) is 41.7 Å². The highest BCUT2D eigenvalue weighted by Gasteiger charge is 2.32. The van der Waals surface area contributed by atoms with Crippen LogP contribution in [0.15, 0.2) is 30.5 Å². The molecule has 0 saturated carbocycles. The molecule has 4 heterocycles. The van der Waals surface area contributed by atoms with E-state index in [1.807, 2.05) is 18.3 Å². The third-order valence-electron chi connectivity index (χ3n) is 4.92. The zero-order valence-corrected chi connectivity index (χ0v) is 12.4. The van der Waals surface area contributed by atoms with Gasteiger partial charge in [-0.3, -0.25) is 4.79 Å². The molecule has 1 amide bonds. The molecule has 2 aromatic heterocycles. The first-order valence-corrected chi connectivity index (χ1v) is 7.80. The van der Waals surface area contributed by atoms with Crippen molar-refractivity contribution in [2.75, 3.05) is 19.6 Å². The van der Waals surface area contributed by atoms with E-state index in [9.17, 15) is 4.79 Å². The quantitative estimate of drug-likeness (QED) is 0.916. The third kappa shape index (κ3) is 2.33. The maximum Gasteiger partial charge on any atom is 0.251 e. The van der Waals surface area contributed by atoms with Crippen molar-refractivity contribution in [3.8, 4) is 0 Å². The first-order valence-electron chi connectivity index (χ1n) is 7.80. The van der Waals surface area contributed by atoms with Crippen molar-refractivity contribution in [1.82, 2.24) is 14.6 Å². The van der Waals surface area contributed by atoms with Gasteiger partial charge in [-0.05, 0) is 56.5 Å². The van der Waals surface area contributed by atoms with Gasteiger partial charge in [0.05, 0.1) is 0 Å². The van der Waals surface area contributed by atoms with Gasteiger partial charge in [-0.25, -0.2) is 0 Å². The van der Waals surface area contributed by atoms with Gasteiger partial charge < -0.3 is 14.6 Å². The first-order chi connectivity index (χ1) is 10.2. The number of carbonyl (C=O) groups is 1. The summed E-state index contributed by atoms with van der Waals surface area (Å²) in [5, 5.41) is 3.22. The van der Waals surface area contributed by atoms with Crippen LogP contribution in [0, 0.1) is 12.8 Å². The molecule has 0 aliphatic carbocycles. The Morgan fingerprint density at radius 3 is 3.05 bits per heavy atom. The van der Waals surface area contributed by atoms with E-state index < -0.39 is 0 Å². The Labute approximate surface area is 124 Å². The molecule has 4 nitrogen and oxygen atoms in total. The van der Waals surface area contributed by atoms with Crippen LogP contribution < -0.4 is 5.32 Å². The van der Waals surface area contributed by atoms with Crippen LogP contribution in [0.25, 0.3) is 5.52 Å². The Bertz CT molecular complexity index is 678. The number of piperidine rings is 1. The lowest BCUT2D eigenvalue weighted by molar-refractivity contribution is 0.0909. The largest absolute Gasteiger partial charge is 0.348 e. The number of pyridine rings is 1. The van der Waals surface area contributed by atoms with Gasteiger partial charge in [-0.2, -0.15) is 0 Å². The minimum atomic E-state index is 0.0591. The zero-order chi connectivity index (χ0) is 14.4. The maximum absolute atomic E-state index is 12.5. The number of aryl methyl sites for hydroxylation is 1. The Morgan fingerprint density at radius 1 is 1.29 bits per heavy atom. The predicted molar refractivity (Wildman–Crippen MR) is 82.6 cm³/mol. The molecule has 2 saturated heterocycles. The van der Waals surface area contributed by atoms with Gasteiger partial charge in [0.1, 0.15) is 0 Å². The topological polar surface area (TPSA) is 36.8 Å². The number of nitrogens with zero attached hydrogens (tertiary/aromatic N) is 2. The number of amides is 1. The SMILES string of the molecule is Cc1ccc2cc(C(=O)N[C@@H]3CC4CCN(C4)C3)ccn12. The molecular formula is C17H21N3O. The van der Waals surface area contributed by atoms with Gasteiger partial charge in [-0.1, -0.05) is 0 Å². The summed E-state index contributed by atoms with van der Waals surface area (Å²) in [6.07, 6.45) is 4.41. The normalized spacial score (nSPS) is 28.0. The number of aromatic nitrogens is 1. The van der Waals surface area contributed by atoms with Crippen molar-refractivity contribution in [3.63, 3.8) is 0 Å². The fraction of sp³-hybridized carbons (Fsp3) is 0.471. The molecule has 2 aromatic rings. The van der Waals surface area contributed by atoms with Crippen LogP contribution in [-0.4, -0.2) is 40.9 Å². The zero-order valence-electron chi connectivity index (χ0n) is 12.4. The molecule has 2 aliphatic rings. The lowest BCUT2D eigenvalue weighted by Gasteiger charge is -2.30. The average molecular weight is 283 g/mol. The van der Waals surface area contributed by atoms with Gasteiger partial charge in [0, 0.05) is 42.1 Å². The molecule has 21 heavy (non-hydrogen) atoms. The van der Waals surface area contributed by atoms with Crippen LogP contribution >= 0.6 is 0 Å². The Balaban J connectivity index is 1.50. The molecule has 2 fully saturated rings. The number of carbonyl (C=O) groups excluding carboxylic acids is 1. The lowest BCUT2D eigenvalue weighted by atomic mass is 9.96. The third-order valence-corrected chi connectivity index (χ3v) is 4.92. The van der Waals surface area contributed by atoms with Crippen LogP contribution in [0.4, 0.5) is 0 Å². The van der Waals surface area contributed by atoms with Gasteiger partial charge in [0.25, 0.3) is 5.91 Å². The number of hydrogen-bond donors (Lipinski definition) is 1. The van der Waals surface area contributed by atoms with Gasteiger partial charge in [-0.15, -0.1) is 0 Å². The lowest BCUT2D eigenvalue weighted by Crippen LogP contribution is -2.47. The van der Waals surface area contributed by atoms with Crippen molar-refractivity contribution in [2.45, 2.75) is 25.8 Å². The number of rotatable bonds is 2. The van der Waals surface area contributed by atoms with E-state index >= 15 is 0 Å². The molecule has 1 N–H and O–H groups in total. The molecule has 2 bridgehead atoms. The molecule has 0 spiro atoms. The van der Waals surface area contributed by atoms with Crippen LogP contribution in [0.5, 0.6) is 0 Å². The molecule has 0 radical (unpaired) electrons. The maximum atomic E-state index is 12.5. The summed E-state index contributed by atoms with van der Waals surface area (Å²) >= 11 is 0. The summed E-state index contributed by atoms with van der Waals surface area (Å²) in [7, 11) is 0. The van der Waals surface area contributed by atoms with Crippen LogP contribution in [0.2, 0.25) is 0 Å². The van der Waals surface area contributed by atoms with E-state index in [2.05, 4.69) is 33.7 Å². The second-order valence-corrected chi connectivity index (χ2v) is 6.51. The fourth-order valence-corrected chi connectivity index (χ4v) is 3.83. The second-order valence-electron chi connectivity index (χ2n) is 6.51. The molecule has 2 aliphatic heterocycles.